The second-order valence-corrected chi connectivity index (χ2v) is 10.3. The largest absolute Gasteiger partial charge is 0.362 e. The number of carbonyl (C=O) groups is 2. The molecular weight excluding hydrogens is 436 g/mol. The highest BCUT2D eigenvalue weighted by atomic mass is 16.5. The number of unbranched alkanes of at least 4 members (excludes halogenated alkanes) is 3. The number of piperidine rings is 1. The van der Waals surface area contributed by atoms with Crippen LogP contribution in [-0.2, 0) is 14.3 Å². The number of morpholine rings is 1. The Balaban J connectivity index is 1.22. The van der Waals surface area contributed by atoms with Gasteiger partial charge in [0.1, 0.15) is 13.2 Å². The number of hydrogen-bond acceptors (Lipinski definition) is 4. The molecule has 2 heterocycles. The third-order valence-corrected chi connectivity index (χ3v) is 7.64. The van der Waals surface area contributed by atoms with Gasteiger partial charge in [-0.2, -0.15) is 0 Å². The molecule has 0 radical (unpaired) electrons. The zero-order chi connectivity index (χ0) is 24.6. The minimum atomic E-state index is -0.196. The van der Waals surface area contributed by atoms with E-state index in [1.165, 1.54) is 46.4 Å². The predicted octanol–water partition coefficient (Wildman–Crippen LogP) is 5.09. The van der Waals surface area contributed by atoms with Gasteiger partial charge in [0, 0.05) is 12.5 Å². The summed E-state index contributed by atoms with van der Waals surface area (Å²) in [6, 6.07) is 18.3. The summed E-state index contributed by atoms with van der Waals surface area (Å²) in [5.41, 5.74) is 5.51. The number of aryl methyl sites for hydroxylation is 2. The fraction of sp³-hybridized carbons (Fsp3) is 0.533. The molecule has 0 spiro atoms. The summed E-state index contributed by atoms with van der Waals surface area (Å²) in [7, 11) is 0. The average molecular weight is 477 g/mol. The van der Waals surface area contributed by atoms with Crippen LogP contribution in [0, 0.1) is 19.8 Å². The summed E-state index contributed by atoms with van der Waals surface area (Å²) in [6.45, 7) is 8.39. The standard InChI is InChI=1S/C30H40N2O3/c1-23-7-11-25(12-8-23)30(26-13-9-24(2)10-14-26)27-15-19-31(20-16-27)17-5-3-4-6-18-32-28(33)21-35-22-29(32)34/h7-14,27,30H,3-6,15-22H2,1-2H3. The zero-order valence-electron chi connectivity index (χ0n) is 21.4. The normalized spacial score (nSPS) is 18.0. The van der Waals surface area contributed by atoms with E-state index in [0.717, 1.165) is 38.9 Å². The molecule has 2 aromatic carbocycles. The van der Waals surface area contributed by atoms with Crippen LogP contribution in [0.5, 0.6) is 0 Å². The van der Waals surface area contributed by atoms with Crippen LogP contribution in [0.25, 0.3) is 0 Å². The van der Waals surface area contributed by atoms with Gasteiger partial charge >= 0.3 is 0 Å². The quantitative estimate of drug-likeness (QED) is 0.354. The minimum Gasteiger partial charge on any atom is -0.362 e. The van der Waals surface area contributed by atoms with Gasteiger partial charge in [-0.05, 0) is 76.2 Å². The Labute approximate surface area is 210 Å². The van der Waals surface area contributed by atoms with Gasteiger partial charge in [0.25, 0.3) is 11.8 Å². The molecule has 0 atom stereocenters. The molecule has 2 aliphatic heterocycles. The highest BCUT2D eigenvalue weighted by Crippen LogP contribution is 2.38. The molecule has 2 aliphatic rings. The molecule has 0 aliphatic carbocycles. The lowest BCUT2D eigenvalue weighted by Gasteiger charge is -2.37. The van der Waals surface area contributed by atoms with Gasteiger partial charge in [-0.1, -0.05) is 72.5 Å². The molecule has 2 aromatic rings. The van der Waals surface area contributed by atoms with E-state index < -0.39 is 0 Å². The van der Waals surface area contributed by atoms with Crippen molar-refractivity contribution in [2.45, 2.75) is 58.3 Å². The number of likely N-dealkylation sites (tertiary alicyclic amines) is 1. The molecule has 5 heteroatoms. The third-order valence-electron chi connectivity index (χ3n) is 7.64. The van der Waals surface area contributed by atoms with E-state index in [2.05, 4.69) is 67.3 Å². The Kier molecular flexibility index (Phi) is 9.11. The maximum Gasteiger partial charge on any atom is 0.255 e. The second-order valence-electron chi connectivity index (χ2n) is 10.3. The molecule has 0 saturated carbocycles. The Morgan fingerprint density at radius 3 is 1.74 bits per heavy atom. The molecule has 4 rings (SSSR count). The Morgan fingerprint density at radius 1 is 0.743 bits per heavy atom. The number of benzene rings is 2. The first-order valence-electron chi connectivity index (χ1n) is 13.3. The van der Waals surface area contributed by atoms with Crippen molar-refractivity contribution < 1.29 is 14.3 Å². The average Bonchev–Trinajstić information content (AvgIpc) is 2.86. The number of nitrogens with zero attached hydrogens (tertiary/aromatic N) is 2. The smallest absolute Gasteiger partial charge is 0.255 e. The van der Waals surface area contributed by atoms with Gasteiger partial charge in [0.05, 0.1) is 0 Å². The number of imide groups is 1. The van der Waals surface area contributed by atoms with Crippen LogP contribution in [0.15, 0.2) is 48.5 Å². The first-order chi connectivity index (χ1) is 17.0. The van der Waals surface area contributed by atoms with E-state index in [1.54, 1.807) is 0 Å². The molecule has 2 fully saturated rings. The maximum atomic E-state index is 11.8. The summed E-state index contributed by atoms with van der Waals surface area (Å²) in [4.78, 5) is 27.6. The van der Waals surface area contributed by atoms with Crippen LogP contribution in [0.1, 0.15) is 66.7 Å². The van der Waals surface area contributed by atoms with Crippen molar-refractivity contribution >= 4 is 11.8 Å². The van der Waals surface area contributed by atoms with Crippen molar-refractivity contribution in [3.8, 4) is 0 Å². The molecule has 2 saturated heterocycles. The number of carbonyl (C=O) groups excluding carboxylic acids is 2. The number of amides is 2. The topological polar surface area (TPSA) is 49.9 Å². The predicted molar refractivity (Wildman–Crippen MR) is 139 cm³/mol. The van der Waals surface area contributed by atoms with Crippen LogP contribution < -0.4 is 0 Å². The molecule has 0 aromatic heterocycles. The van der Waals surface area contributed by atoms with Gasteiger partial charge in [0.2, 0.25) is 0 Å². The summed E-state index contributed by atoms with van der Waals surface area (Å²) in [5, 5.41) is 0. The first kappa shape index (κ1) is 25.6. The number of hydrogen-bond donors (Lipinski definition) is 0. The van der Waals surface area contributed by atoms with Gasteiger partial charge in [-0.3, -0.25) is 14.5 Å². The van der Waals surface area contributed by atoms with Crippen molar-refractivity contribution in [2.75, 3.05) is 39.4 Å². The summed E-state index contributed by atoms with van der Waals surface area (Å²) < 4.78 is 4.97. The van der Waals surface area contributed by atoms with Crippen LogP contribution in [-0.4, -0.2) is 61.0 Å². The summed E-state index contributed by atoms with van der Waals surface area (Å²) in [6.07, 6.45) is 6.71. The highest BCUT2D eigenvalue weighted by Gasteiger charge is 2.29. The van der Waals surface area contributed by atoms with Gasteiger partial charge in [-0.15, -0.1) is 0 Å². The lowest BCUT2D eigenvalue weighted by molar-refractivity contribution is -0.158. The number of rotatable bonds is 10. The molecule has 0 bridgehead atoms. The van der Waals surface area contributed by atoms with Gasteiger partial charge < -0.3 is 9.64 Å². The molecule has 35 heavy (non-hydrogen) atoms. The van der Waals surface area contributed by atoms with E-state index >= 15 is 0 Å². The van der Waals surface area contributed by atoms with Crippen LogP contribution in [0.2, 0.25) is 0 Å². The molecule has 0 N–H and O–H groups in total. The summed E-state index contributed by atoms with van der Waals surface area (Å²) in [5.74, 6) is 0.738. The van der Waals surface area contributed by atoms with E-state index in [9.17, 15) is 9.59 Å². The van der Waals surface area contributed by atoms with Crippen molar-refractivity contribution in [2.24, 2.45) is 5.92 Å². The Bertz CT molecular complexity index is 901. The SMILES string of the molecule is Cc1ccc(C(c2ccc(C)cc2)C2CCN(CCCCCCN3C(=O)COCC3=O)CC2)cc1. The molecule has 188 valence electrons. The van der Waals surface area contributed by atoms with Crippen molar-refractivity contribution in [1.82, 2.24) is 9.80 Å². The Hall–Kier alpha value is -2.50. The van der Waals surface area contributed by atoms with E-state index in [0.29, 0.717) is 18.4 Å². The second kappa shape index (κ2) is 12.5. The lowest BCUT2D eigenvalue weighted by atomic mass is 9.76. The van der Waals surface area contributed by atoms with Crippen LogP contribution >= 0.6 is 0 Å². The molecular formula is C30H40N2O3. The van der Waals surface area contributed by atoms with Crippen molar-refractivity contribution in [3.05, 3.63) is 70.8 Å². The van der Waals surface area contributed by atoms with E-state index in [4.69, 9.17) is 4.74 Å². The van der Waals surface area contributed by atoms with E-state index in [-0.39, 0.29) is 25.0 Å². The van der Waals surface area contributed by atoms with Crippen LogP contribution in [0.4, 0.5) is 0 Å². The summed E-state index contributed by atoms with van der Waals surface area (Å²) >= 11 is 0. The monoisotopic (exact) mass is 476 g/mol. The molecule has 0 unspecified atom stereocenters. The zero-order valence-corrected chi connectivity index (χ0v) is 21.4. The van der Waals surface area contributed by atoms with Crippen LogP contribution in [0.3, 0.4) is 0 Å². The first-order valence-corrected chi connectivity index (χ1v) is 13.3. The van der Waals surface area contributed by atoms with Crippen molar-refractivity contribution in [1.29, 1.82) is 0 Å². The lowest BCUT2D eigenvalue weighted by Crippen LogP contribution is -2.46. The van der Waals surface area contributed by atoms with Crippen molar-refractivity contribution in [3.63, 3.8) is 0 Å². The Morgan fingerprint density at radius 2 is 1.23 bits per heavy atom. The van der Waals surface area contributed by atoms with Gasteiger partial charge in [-0.25, -0.2) is 0 Å². The minimum absolute atomic E-state index is 0.0381. The van der Waals surface area contributed by atoms with E-state index in [1.807, 2.05) is 0 Å². The maximum absolute atomic E-state index is 11.8. The third kappa shape index (κ3) is 7.02. The molecule has 5 nitrogen and oxygen atoms in total. The highest BCUT2D eigenvalue weighted by molar-refractivity contribution is 5.98. The fourth-order valence-electron chi connectivity index (χ4n) is 5.52. The number of ether oxygens (including phenoxy) is 1. The fourth-order valence-corrected chi connectivity index (χ4v) is 5.52. The van der Waals surface area contributed by atoms with Gasteiger partial charge in [0.15, 0.2) is 0 Å². The molecule has 2 amide bonds.